The first-order valence-corrected chi connectivity index (χ1v) is 10.6. The quantitative estimate of drug-likeness (QED) is 0.290. The molecular weight excluding hydrogens is 438 g/mol. The van der Waals surface area contributed by atoms with Gasteiger partial charge in [0.2, 0.25) is 0 Å². The van der Waals surface area contributed by atoms with Crippen LogP contribution in [0.2, 0.25) is 5.02 Å². The van der Waals surface area contributed by atoms with Crippen LogP contribution in [0, 0.1) is 0 Å². The molecule has 0 aliphatic carbocycles. The van der Waals surface area contributed by atoms with Crippen LogP contribution in [-0.4, -0.2) is 29.2 Å². The van der Waals surface area contributed by atoms with E-state index in [1.165, 1.54) is 0 Å². The maximum atomic E-state index is 6.10. The van der Waals surface area contributed by atoms with Crippen LogP contribution in [0.4, 0.5) is 0 Å². The van der Waals surface area contributed by atoms with Crippen LogP contribution in [0.25, 0.3) is 39.7 Å². The van der Waals surface area contributed by atoms with Crippen molar-refractivity contribution in [2.45, 2.75) is 0 Å². The smallest absolute Gasteiger partial charge is 0.186 e. The number of benzene rings is 3. The molecule has 0 spiro atoms. The van der Waals surface area contributed by atoms with Crippen LogP contribution in [-0.2, 0) is 0 Å². The number of hydrogen-bond donors (Lipinski definition) is 0. The van der Waals surface area contributed by atoms with E-state index in [-0.39, 0.29) is 0 Å². The van der Waals surface area contributed by atoms with Crippen molar-refractivity contribution in [3.8, 4) is 51.2 Å². The zero-order chi connectivity index (χ0) is 22.8. The molecule has 6 nitrogen and oxygen atoms in total. The summed E-state index contributed by atoms with van der Waals surface area (Å²) in [5.41, 5.74) is 4.88. The number of halogens is 1. The summed E-state index contributed by atoms with van der Waals surface area (Å²) in [6.07, 6.45) is 0. The standard InChI is InChI=1S/C26H20ClN3O3/c1-31-20-13-7-17(8-14-20)22-15-24(30(28-22)19-11-9-18(27)10-12-19)26-16-23(29-33-26)21-5-3-4-6-25(21)32-2/h3-16H,1-2H3. The summed E-state index contributed by atoms with van der Waals surface area (Å²) >= 11 is 6.10. The maximum absolute atomic E-state index is 6.10. The van der Waals surface area contributed by atoms with E-state index in [9.17, 15) is 0 Å². The van der Waals surface area contributed by atoms with Gasteiger partial charge in [0, 0.05) is 22.2 Å². The molecule has 0 atom stereocenters. The van der Waals surface area contributed by atoms with E-state index < -0.39 is 0 Å². The van der Waals surface area contributed by atoms with Crippen LogP contribution in [0.3, 0.4) is 0 Å². The van der Waals surface area contributed by atoms with Crippen molar-refractivity contribution in [3.05, 3.63) is 90.0 Å². The van der Waals surface area contributed by atoms with Gasteiger partial charge in [0.1, 0.15) is 22.9 Å². The van der Waals surface area contributed by atoms with Crippen LogP contribution >= 0.6 is 11.6 Å². The Hall–Kier alpha value is -4.03. The van der Waals surface area contributed by atoms with Gasteiger partial charge < -0.3 is 14.0 Å². The molecule has 0 bridgehead atoms. The number of nitrogens with zero attached hydrogens (tertiary/aromatic N) is 3. The summed E-state index contributed by atoms with van der Waals surface area (Å²) in [5.74, 6) is 2.09. The van der Waals surface area contributed by atoms with Crippen molar-refractivity contribution in [2.24, 2.45) is 0 Å². The Labute approximate surface area is 195 Å². The van der Waals surface area contributed by atoms with E-state index in [1.54, 1.807) is 14.2 Å². The second kappa shape index (κ2) is 8.84. The van der Waals surface area contributed by atoms with Gasteiger partial charge in [0.25, 0.3) is 0 Å². The van der Waals surface area contributed by atoms with E-state index in [0.29, 0.717) is 16.5 Å². The minimum Gasteiger partial charge on any atom is -0.497 e. The fraction of sp³-hybridized carbons (Fsp3) is 0.0769. The molecule has 164 valence electrons. The normalized spacial score (nSPS) is 10.9. The van der Waals surface area contributed by atoms with Crippen molar-refractivity contribution in [1.82, 2.24) is 14.9 Å². The average molecular weight is 458 g/mol. The van der Waals surface area contributed by atoms with Gasteiger partial charge in [-0.1, -0.05) is 28.9 Å². The molecule has 7 heteroatoms. The lowest BCUT2D eigenvalue weighted by atomic mass is 10.1. The molecule has 0 aliphatic heterocycles. The Morgan fingerprint density at radius 1 is 0.818 bits per heavy atom. The van der Waals surface area contributed by atoms with Crippen molar-refractivity contribution >= 4 is 11.6 Å². The predicted octanol–water partition coefficient (Wildman–Crippen LogP) is 6.53. The monoisotopic (exact) mass is 457 g/mol. The van der Waals surface area contributed by atoms with Crippen LogP contribution < -0.4 is 9.47 Å². The van der Waals surface area contributed by atoms with Crippen molar-refractivity contribution in [2.75, 3.05) is 14.2 Å². The molecule has 33 heavy (non-hydrogen) atoms. The third kappa shape index (κ3) is 4.08. The largest absolute Gasteiger partial charge is 0.497 e. The molecule has 0 N–H and O–H groups in total. The first kappa shape index (κ1) is 20.8. The fourth-order valence-corrected chi connectivity index (χ4v) is 3.74. The first-order chi connectivity index (χ1) is 16.2. The zero-order valence-electron chi connectivity index (χ0n) is 18.0. The molecule has 2 aromatic heterocycles. The predicted molar refractivity (Wildman–Crippen MR) is 128 cm³/mol. The van der Waals surface area contributed by atoms with Gasteiger partial charge in [0.05, 0.1) is 25.6 Å². The third-order valence-corrected chi connectivity index (χ3v) is 5.56. The summed E-state index contributed by atoms with van der Waals surface area (Å²) in [6.45, 7) is 0. The summed E-state index contributed by atoms with van der Waals surface area (Å²) in [4.78, 5) is 0. The molecule has 0 fully saturated rings. The minimum absolute atomic E-state index is 0.582. The highest BCUT2D eigenvalue weighted by atomic mass is 35.5. The molecule has 5 aromatic rings. The van der Waals surface area contributed by atoms with Crippen molar-refractivity contribution < 1.29 is 14.0 Å². The molecule has 0 unspecified atom stereocenters. The van der Waals surface area contributed by atoms with Gasteiger partial charge in [-0.2, -0.15) is 5.10 Å². The molecule has 0 saturated carbocycles. The van der Waals surface area contributed by atoms with E-state index in [2.05, 4.69) is 5.16 Å². The molecule has 0 radical (unpaired) electrons. The SMILES string of the molecule is COc1ccc(-c2cc(-c3cc(-c4ccccc4OC)no3)n(-c3ccc(Cl)cc3)n2)cc1. The molecule has 0 aliphatic rings. The Kier molecular flexibility index (Phi) is 5.59. The highest BCUT2D eigenvalue weighted by molar-refractivity contribution is 6.30. The number of rotatable bonds is 6. The molecular formula is C26H20ClN3O3. The van der Waals surface area contributed by atoms with Crippen LogP contribution in [0.1, 0.15) is 0 Å². The highest BCUT2D eigenvalue weighted by Crippen LogP contribution is 2.34. The Morgan fingerprint density at radius 2 is 1.58 bits per heavy atom. The lowest BCUT2D eigenvalue weighted by Crippen LogP contribution is -1.98. The number of aromatic nitrogens is 3. The van der Waals surface area contributed by atoms with Gasteiger partial charge in [-0.15, -0.1) is 0 Å². The summed E-state index contributed by atoms with van der Waals surface area (Å²) in [7, 11) is 3.28. The lowest BCUT2D eigenvalue weighted by Gasteiger charge is -2.05. The number of methoxy groups -OCH3 is 2. The van der Waals surface area contributed by atoms with E-state index in [1.807, 2.05) is 89.6 Å². The maximum Gasteiger partial charge on any atom is 0.186 e. The van der Waals surface area contributed by atoms with Gasteiger partial charge in [-0.25, -0.2) is 4.68 Å². The second-order valence-corrected chi connectivity index (χ2v) is 7.74. The highest BCUT2D eigenvalue weighted by Gasteiger charge is 2.19. The van der Waals surface area contributed by atoms with Gasteiger partial charge in [-0.05, 0) is 66.7 Å². The van der Waals surface area contributed by atoms with Gasteiger partial charge >= 0.3 is 0 Å². The number of para-hydroxylation sites is 1. The third-order valence-electron chi connectivity index (χ3n) is 5.31. The number of hydrogen-bond acceptors (Lipinski definition) is 5. The summed E-state index contributed by atoms with van der Waals surface area (Å²) < 4.78 is 18.3. The average Bonchev–Trinajstić information content (AvgIpc) is 3.52. The molecule has 3 aromatic carbocycles. The van der Waals surface area contributed by atoms with E-state index >= 15 is 0 Å². The molecule has 5 rings (SSSR count). The summed E-state index contributed by atoms with van der Waals surface area (Å²) in [5, 5.41) is 9.79. The fourth-order valence-electron chi connectivity index (χ4n) is 3.62. The minimum atomic E-state index is 0.582. The Balaban J connectivity index is 1.62. The van der Waals surface area contributed by atoms with Crippen LogP contribution in [0.15, 0.2) is 89.5 Å². The summed E-state index contributed by atoms with van der Waals surface area (Å²) in [6, 6.07) is 26.8. The van der Waals surface area contributed by atoms with E-state index in [0.717, 1.165) is 39.7 Å². The molecule has 0 amide bonds. The van der Waals surface area contributed by atoms with E-state index in [4.69, 9.17) is 30.7 Å². The van der Waals surface area contributed by atoms with Crippen molar-refractivity contribution in [3.63, 3.8) is 0 Å². The first-order valence-electron chi connectivity index (χ1n) is 10.3. The van der Waals surface area contributed by atoms with Crippen LogP contribution in [0.5, 0.6) is 11.5 Å². The second-order valence-electron chi connectivity index (χ2n) is 7.31. The molecule has 2 heterocycles. The Bertz CT molecular complexity index is 1390. The van der Waals surface area contributed by atoms with Crippen molar-refractivity contribution in [1.29, 1.82) is 0 Å². The lowest BCUT2D eigenvalue weighted by molar-refractivity contribution is 0.413. The topological polar surface area (TPSA) is 62.3 Å². The zero-order valence-corrected chi connectivity index (χ0v) is 18.8. The Morgan fingerprint density at radius 3 is 2.30 bits per heavy atom. The van der Waals surface area contributed by atoms with Gasteiger partial charge in [0.15, 0.2) is 5.76 Å². The molecule has 0 saturated heterocycles. The van der Waals surface area contributed by atoms with Gasteiger partial charge in [-0.3, -0.25) is 0 Å². The number of ether oxygens (including phenoxy) is 2.